The van der Waals surface area contributed by atoms with Gasteiger partial charge in [0.05, 0.1) is 0 Å². The van der Waals surface area contributed by atoms with Crippen LogP contribution in [-0.2, 0) is 0 Å². The summed E-state index contributed by atoms with van der Waals surface area (Å²) >= 11 is 3.27. The lowest BCUT2D eigenvalue weighted by molar-refractivity contribution is 0.0111. The number of aliphatic imine (C=N–C) groups is 1. The summed E-state index contributed by atoms with van der Waals surface area (Å²) < 4.78 is 6.37. The predicted octanol–water partition coefficient (Wildman–Crippen LogP) is 4.82. The Morgan fingerprint density at radius 2 is 2.21 bits per heavy atom. The zero-order valence-electron chi connectivity index (χ0n) is 15.9. The Morgan fingerprint density at radius 3 is 2.93 bits per heavy atom. The van der Waals surface area contributed by atoms with Gasteiger partial charge in [-0.25, -0.2) is 4.99 Å². The summed E-state index contributed by atoms with van der Waals surface area (Å²) in [6, 6.07) is 7.50. The molecule has 2 atom stereocenters. The molecule has 2 aromatic rings. The van der Waals surface area contributed by atoms with E-state index in [1.807, 2.05) is 18.2 Å². The lowest BCUT2D eigenvalue weighted by atomic mass is 9.80. The molecule has 3 N–H and O–H groups in total. The fraction of sp³-hybridized carbons (Fsp3) is 0.381. The Balaban J connectivity index is 1.84. The largest absolute Gasteiger partial charge is 0.504 e. The average molecular weight is 417 g/mol. The van der Waals surface area contributed by atoms with E-state index >= 15 is 0 Å². The van der Waals surface area contributed by atoms with Gasteiger partial charge in [-0.15, -0.1) is 17.9 Å². The van der Waals surface area contributed by atoms with Crippen molar-refractivity contribution in [3.05, 3.63) is 52.7 Å². The topological polar surface area (TPSA) is 74.1 Å². The van der Waals surface area contributed by atoms with E-state index in [4.69, 9.17) is 9.73 Å². The zero-order valence-corrected chi connectivity index (χ0v) is 17.6. The van der Waals surface area contributed by atoms with Gasteiger partial charge < -0.3 is 20.3 Å². The van der Waals surface area contributed by atoms with E-state index in [9.17, 15) is 10.2 Å². The van der Waals surface area contributed by atoms with E-state index in [1.165, 1.54) is 10.9 Å². The van der Waals surface area contributed by atoms with Gasteiger partial charge in [0.15, 0.2) is 16.7 Å². The Labute approximate surface area is 173 Å². The first-order valence-electron chi connectivity index (χ1n) is 9.21. The van der Waals surface area contributed by atoms with Crippen LogP contribution in [0.15, 0.2) is 47.3 Å². The van der Waals surface area contributed by atoms with Crippen LogP contribution >= 0.6 is 23.1 Å². The first kappa shape index (κ1) is 19.2. The van der Waals surface area contributed by atoms with E-state index in [2.05, 4.69) is 37.2 Å². The molecular weight excluding hydrogens is 392 g/mol. The SMILES string of the molecule is C=CCSC1=N[C@@]2(C[C@H](c3cccs3)c3ccc(O)c(O)c3O2)CC(C)(C)N1. The molecule has 1 spiro atoms. The minimum absolute atomic E-state index is 0.0403. The van der Waals surface area contributed by atoms with E-state index in [0.29, 0.717) is 18.6 Å². The summed E-state index contributed by atoms with van der Waals surface area (Å²) in [4.78, 5) is 6.14. The van der Waals surface area contributed by atoms with Gasteiger partial charge in [0.2, 0.25) is 11.5 Å². The first-order chi connectivity index (χ1) is 13.3. The van der Waals surface area contributed by atoms with Crippen molar-refractivity contribution in [2.45, 2.75) is 43.9 Å². The summed E-state index contributed by atoms with van der Waals surface area (Å²) in [6.07, 6.45) is 3.17. The van der Waals surface area contributed by atoms with Crippen LogP contribution in [0.4, 0.5) is 0 Å². The summed E-state index contributed by atoms with van der Waals surface area (Å²) in [7, 11) is 0. The number of phenols is 2. The van der Waals surface area contributed by atoms with Crippen molar-refractivity contribution >= 4 is 28.3 Å². The second-order valence-corrected chi connectivity index (χ2v) is 9.86. The summed E-state index contributed by atoms with van der Waals surface area (Å²) in [6.45, 7) is 8.04. The molecule has 0 unspecified atom stereocenters. The Morgan fingerprint density at radius 1 is 1.39 bits per heavy atom. The maximum Gasteiger partial charge on any atom is 0.206 e. The Hall–Kier alpha value is -2.12. The fourth-order valence-corrected chi connectivity index (χ4v) is 5.72. The average Bonchev–Trinajstić information content (AvgIpc) is 3.16. The maximum atomic E-state index is 10.6. The van der Waals surface area contributed by atoms with E-state index in [1.54, 1.807) is 23.1 Å². The van der Waals surface area contributed by atoms with Gasteiger partial charge in [-0.05, 0) is 31.4 Å². The molecule has 0 saturated heterocycles. The van der Waals surface area contributed by atoms with Crippen LogP contribution in [0, 0.1) is 0 Å². The number of ether oxygens (including phenoxy) is 1. The van der Waals surface area contributed by atoms with Crippen molar-refractivity contribution in [3.8, 4) is 17.2 Å². The van der Waals surface area contributed by atoms with Gasteiger partial charge in [-0.2, -0.15) is 0 Å². The van der Waals surface area contributed by atoms with Crippen molar-refractivity contribution in [3.63, 3.8) is 0 Å². The minimum atomic E-state index is -0.814. The van der Waals surface area contributed by atoms with Gasteiger partial charge in [-0.1, -0.05) is 30.0 Å². The molecule has 28 heavy (non-hydrogen) atoms. The third kappa shape index (κ3) is 3.49. The second-order valence-electron chi connectivity index (χ2n) is 7.87. The van der Waals surface area contributed by atoms with Crippen LogP contribution in [0.2, 0.25) is 0 Å². The summed E-state index contributed by atoms with van der Waals surface area (Å²) in [5, 5.41) is 27.0. The smallest absolute Gasteiger partial charge is 0.206 e. The Bertz CT molecular complexity index is 924. The van der Waals surface area contributed by atoms with Gasteiger partial charge in [0.25, 0.3) is 0 Å². The summed E-state index contributed by atoms with van der Waals surface area (Å²) in [5.74, 6) is 0.719. The van der Waals surface area contributed by atoms with Crippen molar-refractivity contribution in [1.82, 2.24) is 5.32 Å². The quantitative estimate of drug-likeness (QED) is 0.494. The number of hydrogen-bond donors (Lipinski definition) is 3. The van der Waals surface area contributed by atoms with Crippen molar-refractivity contribution in [1.29, 1.82) is 0 Å². The van der Waals surface area contributed by atoms with Crippen LogP contribution in [0.3, 0.4) is 0 Å². The van der Waals surface area contributed by atoms with Crippen molar-refractivity contribution < 1.29 is 14.9 Å². The molecule has 0 fully saturated rings. The number of nitrogens with zero attached hydrogens (tertiary/aromatic N) is 1. The highest BCUT2D eigenvalue weighted by Gasteiger charge is 2.49. The number of thiophene rings is 1. The molecular formula is C21H24N2O3S2. The van der Waals surface area contributed by atoms with Crippen molar-refractivity contribution in [2.24, 2.45) is 4.99 Å². The fourth-order valence-electron chi connectivity index (χ4n) is 4.02. The highest BCUT2D eigenvalue weighted by molar-refractivity contribution is 8.13. The molecule has 0 aliphatic carbocycles. The molecule has 3 heterocycles. The molecule has 0 saturated carbocycles. The number of fused-ring (bicyclic) bond motifs is 1. The van der Waals surface area contributed by atoms with Crippen LogP contribution in [0.25, 0.3) is 0 Å². The molecule has 7 heteroatoms. The molecule has 0 radical (unpaired) electrons. The summed E-state index contributed by atoms with van der Waals surface area (Å²) in [5.41, 5.74) is -0.157. The number of rotatable bonds is 3. The molecule has 1 aromatic carbocycles. The number of amidine groups is 1. The molecule has 0 bridgehead atoms. The maximum absolute atomic E-state index is 10.6. The Kier molecular flexibility index (Phi) is 4.83. The first-order valence-corrected chi connectivity index (χ1v) is 11.1. The number of thioether (sulfide) groups is 1. The molecule has 1 aromatic heterocycles. The lowest BCUT2D eigenvalue weighted by Crippen LogP contribution is -2.57. The zero-order chi connectivity index (χ0) is 19.9. The number of hydrogen-bond acceptors (Lipinski definition) is 7. The highest BCUT2D eigenvalue weighted by atomic mass is 32.2. The minimum Gasteiger partial charge on any atom is -0.504 e. The van der Waals surface area contributed by atoms with Crippen LogP contribution in [0.5, 0.6) is 17.2 Å². The molecule has 0 amide bonds. The normalized spacial score (nSPS) is 25.4. The molecule has 4 rings (SSSR count). The van der Waals surface area contributed by atoms with E-state index < -0.39 is 5.72 Å². The van der Waals surface area contributed by atoms with Crippen LogP contribution in [-0.4, -0.2) is 32.4 Å². The molecule has 2 aliphatic rings. The van der Waals surface area contributed by atoms with Gasteiger partial charge in [0.1, 0.15) is 0 Å². The number of benzene rings is 1. The van der Waals surface area contributed by atoms with Gasteiger partial charge in [-0.3, -0.25) is 0 Å². The number of phenolic OH excluding ortho intramolecular Hbond substituents is 2. The highest BCUT2D eigenvalue weighted by Crippen LogP contribution is 2.54. The van der Waals surface area contributed by atoms with Crippen LogP contribution < -0.4 is 10.1 Å². The van der Waals surface area contributed by atoms with Crippen LogP contribution in [0.1, 0.15) is 43.0 Å². The van der Waals surface area contributed by atoms with Gasteiger partial charge in [0, 0.05) is 40.5 Å². The second kappa shape index (κ2) is 7.04. The molecule has 148 valence electrons. The third-order valence-corrected chi connectivity index (χ3v) is 6.88. The lowest BCUT2D eigenvalue weighted by Gasteiger charge is -2.47. The van der Waals surface area contributed by atoms with E-state index in [0.717, 1.165) is 16.5 Å². The monoisotopic (exact) mass is 416 g/mol. The van der Waals surface area contributed by atoms with Crippen molar-refractivity contribution in [2.75, 3.05) is 5.75 Å². The van der Waals surface area contributed by atoms with Gasteiger partial charge >= 0.3 is 0 Å². The number of aromatic hydroxyl groups is 2. The molecule has 2 aliphatic heterocycles. The number of nitrogens with one attached hydrogen (secondary N) is 1. The standard InChI is InChI=1S/C21H24N2O3S2/c1-4-9-28-19-22-20(2,3)12-21(23-19)11-14(16-6-5-10-27-16)13-7-8-15(24)17(25)18(13)26-21/h4-8,10,14,24-25H,1,9,11-12H2,2-3H3,(H,22,23)/t14-,21+/m0/s1. The van der Waals surface area contributed by atoms with E-state index in [-0.39, 0.29) is 23.0 Å². The predicted molar refractivity (Wildman–Crippen MR) is 116 cm³/mol. The third-order valence-electron chi connectivity index (χ3n) is 5.02. The molecule has 5 nitrogen and oxygen atoms in total.